The van der Waals surface area contributed by atoms with Crippen molar-refractivity contribution in [2.45, 2.75) is 4.90 Å². The number of carbonyl (C=O) groups is 1. The van der Waals surface area contributed by atoms with Crippen molar-refractivity contribution >= 4 is 44.7 Å². The average molecular weight is 432 g/mol. The number of carbonyl (C=O) groups excluding carboxylic acids is 1. The summed E-state index contributed by atoms with van der Waals surface area (Å²) in [6, 6.07) is 18.6. The Labute approximate surface area is 173 Å². The lowest BCUT2D eigenvalue weighted by molar-refractivity contribution is 0.262. The fraction of sp³-hybridized carbons (Fsp3) is 0.0500. The fourth-order valence-electron chi connectivity index (χ4n) is 2.44. The predicted molar refractivity (Wildman–Crippen MR) is 114 cm³/mol. The summed E-state index contributed by atoms with van der Waals surface area (Å²) in [7, 11) is -2.22. The molecule has 0 aliphatic heterocycles. The van der Waals surface area contributed by atoms with Crippen molar-refractivity contribution in [2.24, 2.45) is 0 Å². The maximum atomic E-state index is 12.5. The smallest absolute Gasteiger partial charge is 0.323 e. The quantitative estimate of drug-likeness (QED) is 0.522. The van der Waals surface area contributed by atoms with E-state index in [1.54, 1.807) is 48.5 Å². The lowest BCUT2D eigenvalue weighted by Gasteiger charge is -2.11. The number of urea groups is 1. The number of sulfonamides is 1. The Bertz CT molecular complexity index is 1100. The van der Waals surface area contributed by atoms with Crippen LogP contribution in [-0.2, 0) is 10.0 Å². The molecule has 3 N–H and O–H groups in total. The second-order valence-electron chi connectivity index (χ2n) is 5.95. The minimum absolute atomic E-state index is 0.0613. The number of benzene rings is 3. The van der Waals surface area contributed by atoms with Gasteiger partial charge in [-0.05, 0) is 60.7 Å². The van der Waals surface area contributed by atoms with E-state index in [1.165, 1.54) is 31.4 Å². The Morgan fingerprint density at radius 1 is 0.862 bits per heavy atom. The molecule has 29 heavy (non-hydrogen) atoms. The molecule has 0 radical (unpaired) electrons. The zero-order chi connectivity index (χ0) is 20.9. The molecular weight excluding hydrogens is 414 g/mol. The van der Waals surface area contributed by atoms with E-state index in [-0.39, 0.29) is 4.90 Å². The van der Waals surface area contributed by atoms with Crippen molar-refractivity contribution in [2.75, 3.05) is 22.5 Å². The first-order chi connectivity index (χ1) is 13.9. The van der Waals surface area contributed by atoms with Gasteiger partial charge in [-0.1, -0.05) is 17.7 Å². The van der Waals surface area contributed by atoms with Crippen LogP contribution in [0.15, 0.2) is 77.7 Å². The molecule has 9 heteroatoms. The van der Waals surface area contributed by atoms with Crippen LogP contribution < -0.4 is 20.1 Å². The molecule has 3 aromatic rings. The molecule has 0 spiro atoms. The Morgan fingerprint density at radius 3 is 2.14 bits per heavy atom. The lowest BCUT2D eigenvalue weighted by Crippen LogP contribution is -2.19. The second kappa shape index (κ2) is 8.85. The molecule has 2 amide bonds. The fourth-order valence-corrected chi connectivity index (χ4v) is 3.63. The van der Waals surface area contributed by atoms with Gasteiger partial charge in [0, 0.05) is 28.2 Å². The van der Waals surface area contributed by atoms with E-state index < -0.39 is 16.1 Å². The second-order valence-corrected chi connectivity index (χ2v) is 8.07. The molecule has 0 saturated heterocycles. The molecule has 0 aliphatic carbocycles. The molecule has 3 rings (SSSR count). The van der Waals surface area contributed by atoms with E-state index in [1.807, 2.05) is 0 Å². The van der Waals surface area contributed by atoms with Gasteiger partial charge in [0.05, 0.1) is 12.0 Å². The number of methoxy groups -OCH3 is 1. The Hall–Kier alpha value is -3.23. The van der Waals surface area contributed by atoms with E-state index >= 15 is 0 Å². The first-order valence-corrected chi connectivity index (χ1v) is 10.3. The molecule has 3 aromatic carbocycles. The molecule has 0 aliphatic rings. The van der Waals surface area contributed by atoms with Crippen LogP contribution in [0.3, 0.4) is 0 Å². The van der Waals surface area contributed by atoms with Crippen LogP contribution in [0, 0.1) is 0 Å². The normalized spacial score (nSPS) is 10.8. The van der Waals surface area contributed by atoms with Crippen LogP contribution in [0.1, 0.15) is 0 Å². The molecule has 0 heterocycles. The zero-order valence-electron chi connectivity index (χ0n) is 15.3. The van der Waals surface area contributed by atoms with E-state index in [4.69, 9.17) is 16.3 Å². The monoisotopic (exact) mass is 431 g/mol. The first-order valence-electron chi connectivity index (χ1n) is 8.46. The van der Waals surface area contributed by atoms with Crippen LogP contribution in [0.25, 0.3) is 0 Å². The van der Waals surface area contributed by atoms with E-state index in [9.17, 15) is 13.2 Å². The van der Waals surface area contributed by atoms with E-state index in [0.29, 0.717) is 27.8 Å². The molecule has 150 valence electrons. The van der Waals surface area contributed by atoms with Crippen LogP contribution in [0.2, 0.25) is 5.02 Å². The maximum absolute atomic E-state index is 12.5. The van der Waals surface area contributed by atoms with E-state index in [2.05, 4.69) is 15.4 Å². The zero-order valence-corrected chi connectivity index (χ0v) is 16.9. The van der Waals surface area contributed by atoms with Crippen molar-refractivity contribution in [1.29, 1.82) is 0 Å². The summed E-state index contributed by atoms with van der Waals surface area (Å²) in [6.45, 7) is 0. The number of anilines is 3. The van der Waals surface area contributed by atoms with Gasteiger partial charge >= 0.3 is 6.03 Å². The van der Waals surface area contributed by atoms with Crippen LogP contribution >= 0.6 is 11.6 Å². The molecule has 0 saturated carbocycles. The SMILES string of the molecule is COc1cccc(NC(=O)Nc2ccc(S(=O)(=O)Nc3ccc(Cl)cc3)cc2)c1. The van der Waals surface area contributed by atoms with Gasteiger partial charge in [0.25, 0.3) is 10.0 Å². The number of ether oxygens (including phenoxy) is 1. The van der Waals surface area contributed by atoms with Gasteiger partial charge in [0.2, 0.25) is 0 Å². The van der Waals surface area contributed by atoms with E-state index in [0.717, 1.165) is 0 Å². The number of rotatable bonds is 6. The Morgan fingerprint density at radius 2 is 1.48 bits per heavy atom. The Balaban J connectivity index is 1.64. The highest BCUT2D eigenvalue weighted by Crippen LogP contribution is 2.21. The minimum atomic E-state index is -3.76. The predicted octanol–water partition coefficient (Wildman–Crippen LogP) is 4.79. The van der Waals surface area contributed by atoms with Gasteiger partial charge in [0.1, 0.15) is 5.75 Å². The average Bonchev–Trinajstić information content (AvgIpc) is 2.70. The van der Waals surface area contributed by atoms with Crippen molar-refractivity contribution in [3.63, 3.8) is 0 Å². The van der Waals surface area contributed by atoms with Crippen LogP contribution in [0.4, 0.5) is 21.9 Å². The number of amides is 2. The van der Waals surface area contributed by atoms with Gasteiger partial charge in [0.15, 0.2) is 0 Å². The molecule has 0 unspecified atom stereocenters. The first kappa shape index (κ1) is 20.5. The summed E-state index contributed by atoms with van der Waals surface area (Å²) in [5, 5.41) is 5.83. The number of nitrogens with one attached hydrogen (secondary N) is 3. The van der Waals surface area contributed by atoms with Gasteiger partial charge < -0.3 is 15.4 Å². The van der Waals surface area contributed by atoms with Crippen molar-refractivity contribution in [3.05, 3.63) is 77.8 Å². The molecule has 0 bridgehead atoms. The highest BCUT2D eigenvalue weighted by atomic mass is 35.5. The Kier molecular flexibility index (Phi) is 6.26. The van der Waals surface area contributed by atoms with Crippen molar-refractivity contribution in [3.8, 4) is 5.75 Å². The van der Waals surface area contributed by atoms with Crippen molar-refractivity contribution < 1.29 is 17.9 Å². The molecule has 0 atom stereocenters. The van der Waals surface area contributed by atoms with Crippen LogP contribution in [0.5, 0.6) is 5.75 Å². The van der Waals surface area contributed by atoms with Gasteiger partial charge in [-0.25, -0.2) is 13.2 Å². The van der Waals surface area contributed by atoms with Gasteiger partial charge in [-0.2, -0.15) is 0 Å². The number of halogens is 1. The topological polar surface area (TPSA) is 96.5 Å². The summed E-state index contributed by atoms with van der Waals surface area (Å²) in [5.74, 6) is 0.616. The highest BCUT2D eigenvalue weighted by molar-refractivity contribution is 7.92. The molecular formula is C20H18ClN3O4S. The number of hydrogen-bond donors (Lipinski definition) is 3. The third kappa shape index (κ3) is 5.63. The third-order valence-corrected chi connectivity index (χ3v) is 5.50. The summed E-state index contributed by atoms with van der Waals surface area (Å²) in [6.07, 6.45) is 0. The largest absolute Gasteiger partial charge is 0.497 e. The lowest BCUT2D eigenvalue weighted by atomic mass is 10.3. The van der Waals surface area contributed by atoms with Gasteiger partial charge in [-0.15, -0.1) is 0 Å². The minimum Gasteiger partial charge on any atom is -0.497 e. The summed E-state index contributed by atoms with van der Waals surface area (Å²) in [5.41, 5.74) is 1.40. The van der Waals surface area contributed by atoms with Crippen molar-refractivity contribution in [1.82, 2.24) is 0 Å². The molecule has 0 aromatic heterocycles. The standard InChI is InChI=1S/C20H18ClN3O4S/c1-28-18-4-2-3-17(13-18)23-20(25)22-15-9-11-19(12-10-15)29(26,27)24-16-7-5-14(21)6-8-16/h2-13,24H,1H3,(H2,22,23,25). The molecule has 0 fully saturated rings. The third-order valence-electron chi connectivity index (χ3n) is 3.85. The summed E-state index contributed by atoms with van der Waals surface area (Å²) < 4.78 is 32.5. The number of hydrogen-bond acceptors (Lipinski definition) is 4. The summed E-state index contributed by atoms with van der Waals surface area (Å²) in [4.78, 5) is 12.2. The maximum Gasteiger partial charge on any atom is 0.323 e. The summed E-state index contributed by atoms with van der Waals surface area (Å²) >= 11 is 5.80. The highest BCUT2D eigenvalue weighted by Gasteiger charge is 2.14. The van der Waals surface area contributed by atoms with Crippen LogP contribution in [-0.4, -0.2) is 21.6 Å². The molecule has 7 nitrogen and oxygen atoms in total. The van der Waals surface area contributed by atoms with Gasteiger partial charge in [-0.3, -0.25) is 4.72 Å².